The number of halogens is 1. The van der Waals surface area contributed by atoms with Gasteiger partial charge in [-0.1, -0.05) is 18.2 Å². The molecule has 0 radical (unpaired) electrons. The topological polar surface area (TPSA) is 55.6 Å². The van der Waals surface area contributed by atoms with E-state index in [4.69, 9.17) is 10.5 Å². The minimum absolute atomic E-state index is 0.269. The van der Waals surface area contributed by atoms with E-state index in [0.29, 0.717) is 12.2 Å². The summed E-state index contributed by atoms with van der Waals surface area (Å²) in [6.07, 6.45) is 1.71. The van der Waals surface area contributed by atoms with Gasteiger partial charge in [0.05, 0.1) is 6.61 Å². The Morgan fingerprint density at radius 3 is 2.60 bits per heavy atom. The van der Waals surface area contributed by atoms with Crippen molar-refractivity contribution >= 4 is 5.91 Å². The highest BCUT2D eigenvalue weighted by molar-refractivity contribution is 5.93. The van der Waals surface area contributed by atoms with Crippen molar-refractivity contribution in [1.82, 2.24) is 4.90 Å². The summed E-state index contributed by atoms with van der Waals surface area (Å²) < 4.78 is 19.7. The zero-order chi connectivity index (χ0) is 18.0. The molecule has 25 heavy (non-hydrogen) atoms. The lowest BCUT2D eigenvalue weighted by Gasteiger charge is -2.31. The van der Waals surface area contributed by atoms with Crippen molar-refractivity contribution in [3.05, 3.63) is 70.5 Å². The first kappa shape index (κ1) is 17.6. The van der Waals surface area contributed by atoms with Crippen LogP contribution in [0.1, 0.15) is 39.9 Å². The third-order valence-corrected chi connectivity index (χ3v) is 4.74. The van der Waals surface area contributed by atoms with Gasteiger partial charge >= 0.3 is 0 Å². The molecule has 0 saturated heterocycles. The Morgan fingerprint density at radius 2 is 1.96 bits per heavy atom. The van der Waals surface area contributed by atoms with Gasteiger partial charge in [0.25, 0.3) is 0 Å². The number of nitrogens with two attached hydrogens (primary N) is 1. The van der Waals surface area contributed by atoms with Crippen molar-refractivity contribution in [3.8, 4) is 0 Å². The molecule has 0 aromatic heterocycles. The lowest BCUT2D eigenvalue weighted by atomic mass is 9.81. The molecule has 0 bridgehead atoms. The third-order valence-electron chi connectivity index (χ3n) is 4.74. The zero-order valence-corrected chi connectivity index (χ0v) is 14.6. The molecule has 0 fully saturated rings. The standard InChI is InChI=1S/C20H23FN2O2/c1-23(2)11-3-10-20(16-5-7-17(21)8-6-16)18-9-4-14(19(22)24)12-15(18)13-25-20/h4-9,12H,3,10-11,13H2,1-2H3,(H2,22,24). The number of fused-ring (bicyclic) bond motifs is 1. The number of ether oxygens (including phenoxy) is 1. The van der Waals surface area contributed by atoms with Gasteiger partial charge in [-0.25, -0.2) is 4.39 Å². The molecule has 1 unspecified atom stereocenters. The highest BCUT2D eigenvalue weighted by Gasteiger charge is 2.41. The summed E-state index contributed by atoms with van der Waals surface area (Å²) in [6, 6.07) is 11.9. The van der Waals surface area contributed by atoms with E-state index >= 15 is 0 Å². The van der Waals surface area contributed by atoms with E-state index in [1.165, 1.54) is 12.1 Å². The number of amides is 1. The molecule has 132 valence electrons. The molecule has 5 heteroatoms. The van der Waals surface area contributed by atoms with Crippen LogP contribution in [0, 0.1) is 5.82 Å². The molecule has 1 aliphatic heterocycles. The van der Waals surface area contributed by atoms with Crippen LogP contribution in [-0.4, -0.2) is 31.4 Å². The Labute approximate surface area is 147 Å². The molecule has 3 rings (SSSR count). The number of nitrogens with zero attached hydrogens (tertiary/aromatic N) is 1. The fourth-order valence-corrected chi connectivity index (χ4v) is 3.49. The quantitative estimate of drug-likeness (QED) is 0.878. The first-order valence-corrected chi connectivity index (χ1v) is 8.40. The molecule has 0 aliphatic carbocycles. The fourth-order valence-electron chi connectivity index (χ4n) is 3.49. The van der Waals surface area contributed by atoms with Crippen LogP contribution in [0.25, 0.3) is 0 Å². The second-order valence-electron chi connectivity index (χ2n) is 6.77. The Kier molecular flexibility index (Phi) is 4.88. The molecule has 2 N–H and O–H groups in total. The minimum atomic E-state index is -0.616. The van der Waals surface area contributed by atoms with Crippen LogP contribution in [0.15, 0.2) is 42.5 Å². The number of rotatable bonds is 6. The van der Waals surface area contributed by atoms with Crippen LogP contribution in [0.4, 0.5) is 4.39 Å². The summed E-state index contributed by atoms with van der Waals surface area (Å²) >= 11 is 0. The lowest BCUT2D eigenvalue weighted by Crippen LogP contribution is -2.28. The van der Waals surface area contributed by atoms with Crippen LogP contribution < -0.4 is 5.73 Å². The predicted octanol–water partition coefficient (Wildman–Crippen LogP) is 3.04. The molecule has 0 spiro atoms. The highest BCUT2D eigenvalue weighted by atomic mass is 19.1. The van der Waals surface area contributed by atoms with Gasteiger partial charge in [-0.3, -0.25) is 4.79 Å². The number of benzene rings is 2. The largest absolute Gasteiger partial charge is 0.366 e. The number of primary amides is 1. The monoisotopic (exact) mass is 342 g/mol. The molecule has 1 aliphatic rings. The van der Waals surface area contributed by atoms with E-state index in [9.17, 15) is 9.18 Å². The van der Waals surface area contributed by atoms with Gasteiger partial charge in [-0.15, -0.1) is 0 Å². The van der Waals surface area contributed by atoms with E-state index in [0.717, 1.165) is 36.1 Å². The summed E-state index contributed by atoms with van der Waals surface area (Å²) in [5.41, 5.74) is 8.17. The second kappa shape index (κ2) is 6.94. The van der Waals surface area contributed by atoms with Crippen LogP contribution in [-0.2, 0) is 16.9 Å². The number of hydrogen-bond acceptors (Lipinski definition) is 3. The van der Waals surface area contributed by atoms with Crippen molar-refractivity contribution in [1.29, 1.82) is 0 Å². The lowest BCUT2D eigenvalue weighted by molar-refractivity contribution is -0.0140. The van der Waals surface area contributed by atoms with Gasteiger partial charge in [0.15, 0.2) is 0 Å². The maximum atomic E-state index is 13.4. The smallest absolute Gasteiger partial charge is 0.248 e. The number of hydrogen-bond donors (Lipinski definition) is 1. The molecule has 1 amide bonds. The summed E-state index contributed by atoms with van der Waals surface area (Å²) in [7, 11) is 4.07. The van der Waals surface area contributed by atoms with Gasteiger partial charge in [-0.2, -0.15) is 0 Å². The zero-order valence-electron chi connectivity index (χ0n) is 14.6. The Bertz CT molecular complexity index is 774. The van der Waals surface area contributed by atoms with E-state index in [1.54, 1.807) is 24.3 Å². The molecule has 0 saturated carbocycles. The molecule has 2 aromatic carbocycles. The summed E-state index contributed by atoms with van der Waals surface area (Å²) in [5.74, 6) is -0.718. The average Bonchev–Trinajstić information content (AvgIpc) is 2.94. The maximum absolute atomic E-state index is 13.4. The van der Waals surface area contributed by atoms with E-state index in [1.807, 2.05) is 20.2 Å². The van der Waals surface area contributed by atoms with Crippen LogP contribution in [0.2, 0.25) is 0 Å². The van der Waals surface area contributed by atoms with Gasteiger partial charge < -0.3 is 15.4 Å². The van der Waals surface area contributed by atoms with E-state index < -0.39 is 11.5 Å². The third kappa shape index (κ3) is 3.43. The van der Waals surface area contributed by atoms with E-state index in [2.05, 4.69) is 4.90 Å². The van der Waals surface area contributed by atoms with Crippen molar-refractivity contribution in [2.75, 3.05) is 20.6 Å². The summed E-state index contributed by atoms with van der Waals surface area (Å²) in [6.45, 7) is 1.34. The first-order chi connectivity index (χ1) is 11.9. The van der Waals surface area contributed by atoms with Gasteiger partial charge in [0, 0.05) is 5.56 Å². The molecular weight excluding hydrogens is 319 g/mol. The van der Waals surface area contributed by atoms with Gasteiger partial charge in [0.2, 0.25) is 5.91 Å². The van der Waals surface area contributed by atoms with Crippen LogP contribution in [0.5, 0.6) is 0 Å². The number of carbonyl (C=O) groups excluding carboxylic acids is 1. The average molecular weight is 342 g/mol. The Hall–Kier alpha value is -2.24. The van der Waals surface area contributed by atoms with Crippen LogP contribution in [0.3, 0.4) is 0 Å². The van der Waals surface area contributed by atoms with E-state index in [-0.39, 0.29) is 5.82 Å². The fraction of sp³-hybridized carbons (Fsp3) is 0.350. The summed E-state index contributed by atoms with van der Waals surface area (Å²) in [5, 5.41) is 0. The highest BCUT2D eigenvalue weighted by Crippen LogP contribution is 2.45. The Morgan fingerprint density at radius 1 is 1.24 bits per heavy atom. The molecule has 4 nitrogen and oxygen atoms in total. The molecule has 1 heterocycles. The van der Waals surface area contributed by atoms with Gasteiger partial charge in [0.1, 0.15) is 11.4 Å². The van der Waals surface area contributed by atoms with Crippen molar-refractivity contribution < 1.29 is 13.9 Å². The maximum Gasteiger partial charge on any atom is 0.248 e. The molecule has 1 atom stereocenters. The van der Waals surface area contributed by atoms with Crippen LogP contribution >= 0.6 is 0 Å². The summed E-state index contributed by atoms with van der Waals surface area (Å²) in [4.78, 5) is 13.6. The predicted molar refractivity (Wildman–Crippen MR) is 94.7 cm³/mol. The number of carbonyl (C=O) groups is 1. The SMILES string of the molecule is CN(C)CCCC1(c2ccc(F)cc2)OCc2cc(C(N)=O)ccc21. The first-order valence-electron chi connectivity index (χ1n) is 8.40. The van der Waals surface area contributed by atoms with Crippen molar-refractivity contribution in [2.24, 2.45) is 5.73 Å². The molecular formula is C20H23FN2O2. The Balaban J connectivity index is 2.02. The van der Waals surface area contributed by atoms with Gasteiger partial charge in [-0.05, 0) is 74.4 Å². The van der Waals surface area contributed by atoms with Crippen molar-refractivity contribution in [2.45, 2.75) is 25.0 Å². The normalized spacial score (nSPS) is 19.2. The second-order valence-corrected chi connectivity index (χ2v) is 6.77. The molecule has 2 aromatic rings. The van der Waals surface area contributed by atoms with Crippen molar-refractivity contribution in [3.63, 3.8) is 0 Å². The minimum Gasteiger partial charge on any atom is -0.366 e.